The second-order valence-electron chi connectivity index (χ2n) is 2.55. The number of carbonyl (C=O) groups is 1. The molecule has 5 nitrogen and oxygen atoms in total. The third kappa shape index (κ3) is 9.29. The summed E-state index contributed by atoms with van der Waals surface area (Å²) in [6.07, 6.45) is 0.889. The van der Waals surface area contributed by atoms with Crippen LogP contribution in [0.4, 0.5) is 0 Å². The van der Waals surface area contributed by atoms with Gasteiger partial charge in [0.25, 0.3) is 10.1 Å². The Bertz CT molecular complexity index is 244. The lowest BCUT2D eigenvalue weighted by Gasteiger charge is -2.00. The Labute approximate surface area is 77.8 Å². The number of carbonyl (C=O) groups excluding carboxylic acids is 1. The number of esters is 1. The Morgan fingerprint density at radius 1 is 1.38 bits per heavy atom. The topological polar surface area (TPSA) is 80.7 Å². The van der Waals surface area contributed by atoms with E-state index in [9.17, 15) is 13.2 Å². The van der Waals surface area contributed by atoms with Gasteiger partial charge in [-0.3, -0.25) is 9.35 Å². The molecule has 0 saturated heterocycles. The Morgan fingerprint density at radius 3 is 2.46 bits per heavy atom. The first-order valence-electron chi connectivity index (χ1n) is 4.06. The first-order valence-corrected chi connectivity index (χ1v) is 5.67. The average molecular weight is 210 g/mol. The minimum atomic E-state index is -3.89. The zero-order chi connectivity index (χ0) is 10.3. The fraction of sp³-hybridized carbons (Fsp3) is 0.857. The molecule has 0 aromatic heterocycles. The summed E-state index contributed by atoms with van der Waals surface area (Å²) in [4.78, 5) is 10.7. The van der Waals surface area contributed by atoms with Gasteiger partial charge in [0.1, 0.15) is 0 Å². The number of rotatable bonds is 6. The number of hydrogen-bond donors (Lipinski definition) is 1. The molecule has 0 aliphatic carbocycles. The fourth-order valence-electron chi connectivity index (χ4n) is 0.787. The van der Waals surface area contributed by atoms with Gasteiger partial charge in [0.2, 0.25) is 0 Å². The second kappa shape index (κ2) is 5.93. The minimum absolute atomic E-state index is 0.198. The van der Waals surface area contributed by atoms with E-state index in [4.69, 9.17) is 4.55 Å². The van der Waals surface area contributed by atoms with E-state index < -0.39 is 10.1 Å². The monoisotopic (exact) mass is 210 g/mol. The number of hydrogen-bond acceptors (Lipinski definition) is 4. The van der Waals surface area contributed by atoms with Crippen molar-refractivity contribution in [3.05, 3.63) is 0 Å². The van der Waals surface area contributed by atoms with Crippen LogP contribution in [0, 0.1) is 0 Å². The standard InChI is InChI=1S/C7H14O5S/c1-2-12-7(8)5-3-4-6-13(9,10)11/h2-6H2,1H3,(H,9,10,11). The molecular formula is C7H14O5S. The van der Waals surface area contributed by atoms with Crippen molar-refractivity contribution < 1.29 is 22.5 Å². The van der Waals surface area contributed by atoms with Crippen LogP contribution in [-0.2, 0) is 19.6 Å². The third-order valence-corrected chi connectivity index (χ3v) is 2.14. The molecule has 0 atom stereocenters. The van der Waals surface area contributed by atoms with E-state index in [0.29, 0.717) is 13.0 Å². The summed E-state index contributed by atoms with van der Waals surface area (Å²) in [6, 6.07) is 0. The summed E-state index contributed by atoms with van der Waals surface area (Å²) in [5.41, 5.74) is 0. The summed E-state index contributed by atoms with van der Waals surface area (Å²) in [5.74, 6) is -0.635. The average Bonchev–Trinajstić information content (AvgIpc) is 1.97. The maximum absolute atomic E-state index is 10.7. The lowest BCUT2D eigenvalue weighted by molar-refractivity contribution is -0.143. The zero-order valence-electron chi connectivity index (χ0n) is 7.52. The van der Waals surface area contributed by atoms with Crippen LogP contribution < -0.4 is 0 Å². The van der Waals surface area contributed by atoms with Crippen LogP contribution in [0.3, 0.4) is 0 Å². The molecule has 0 aliphatic rings. The molecule has 0 heterocycles. The van der Waals surface area contributed by atoms with Crippen LogP contribution in [0.1, 0.15) is 26.2 Å². The first kappa shape index (κ1) is 12.4. The van der Waals surface area contributed by atoms with Gasteiger partial charge in [0.15, 0.2) is 0 Å². The van der Waals surface area contributed by atoms with Crippen LogP contribution in [0.2, 0.25) is 0 Å². The molecule has 0 bridgehead atoms. The minimum Gasteiger partial charge on any atom is -0.466 e. The zero-order valence-corrected chi connectivity index (χ0v) is 8.34. The molecular weight excluding hydrogens is 196 g/mol. The predicted octanol–water partition coefficient (Wildman–Crippen LogP) is 0.608. The van der Waals surface area contributed by atoms with Crippen molar-refractivity contribution in [3.8, 4) is 0 Å². The Balaban J connectivity index is 3.41. The van der Waals surface area contributed by atoms with Crippen molar-refractivity contribution in [2.24, 2.45) is 0 Å². The smallest absolute Gasteiger partial charge is 0.305 e. The normalized spacial score (nSPS) is 11.2. The fourth-order valence-corrected chi connectivity index (χ4v) is 1.36. The highest BCUT2D eigenvalue weighted by Gasteiger charge is 2.05. The highest BCUT2D eigenvalue weighted by atomic mass is 32.2. The van der Waals surface area contributed by atoms with Gasteiger partial charge in [-0.2, -0.15) is 8.42 Å². The van der Waals surface area contributed by atoms with E-state index in [0.717, 1.165) is 0 Å². The molecule has 78 valence electrons. The molecule has 0 aliphatic heterocycles. The van der Waals surface area contributed by atoms with Gasteiger partial charge in [-0.25, -0.2) is 0 Å². The van der Waals surface area contributed by atoms with E-state index in [1.165, 1.54) is 0 Å². The molecule has 0 amide bonds. The van der Waals surface area contributed by atoms with Gasteiger partial charge >= 0.3 is 5.97 Å². The van der Waals surface area contributed by atoms with Crippen LogP contribution in [-0.4, -0.2) is 31.3 Å². The number of ether oxygens (including phenoxy) is 1. The summed E-state index contributed by atoms with van der Waals surface area (Å²) >= 11 is 0. The molecule has 0 rings (SSSR count). The summed E-state index contributed by atoms with van der Waals surface area (Å²) < 4.78 is 33.4. The molecule has 0 spiro atoms. The molecule has 0 unspecified atom stereocenters. The van der Waals surface area contributed by atoms with Gasteiger partial charge in [0, 0.05) is 6.42 Å². The summed E-state index contributed by atoms with van der Waals surface area (Å²) in [6.45, 7) is 2.03. The molecule has 0 fully saturated rings. The van der Waals surface area contributed by atoms with Crippen molar-refractivity contribution in [1.82, 2.24) is 0 Å². The van der Waals surface area contributed by atoms with E-state index in [-0.39, 0.29) is 24.6 Å². The molecule has 0 saturated carbocycles. The van der Waals surface area contributed by atoms with E-state index >= 15 is 0 Å². The quantitative estimate of drug-likeness (QED) is 0.394. The van der Waals surface area contributed by atoms with Gasteiger partial charge < -0.3 is 4.74 Å². The maximum atomic E-state index is 10.7. The lowest BCUT2D eigenvalue weighted by Crippen LogP contribution is -2.07. The summed E-state index contributed by atoms with van der Waals surface area (Å²) in [5, 5.41) is 0. The van der Waals surface area contributed by atoms with Crippen LogP contribution in [0.5, 0.6) is 0 Å². The van der Waals surface area contributed by atoms with E-state index in [1.54, 1.807) is 6.92 Å². The molecule has 1 N–H and O–H groups in total. The molecule has 0 aromatic rings. The van der Waals surface area contributed by atoms with Crippen molar-refractivity contribution in [1.29, 1.82) is 0 Å². The Kier molecular flexibility index (Phi) is 5.65. The van der Waals surface area contributed by atoms with Gasteiger partial charge in [-0.15, -0.1) is 0 Å². The SMILES string of the molecule is CCOC(=O)CCCCS(=O)(=O)O. The van der Waals surface area contributed by atoms with Crippen molar-refractivity contribution in [2.75, 3.05) is 12.4 Å². The van der Waals surface area contributed by atoms with Crippen molar-refractivity contribution in [2.45, 2.75) is 26.2 Å². The number of unbranched alkanes of at least 4 members (excludes halogenated alkanes) is 1. The largest absolute Gasteiger partial charge is 0.466 e. The van der Waals surface area contributed by atoms with Crippen molar-refractivity contribution in [3.63, 3.8) is 0 Å². The predicted molar refractivity (Wildman–Crippen MR) is 46.9 cm³/mol. The summed E-state index contributed by atoms with van der Waals surface area (Å²) in [7, 11) is -3.89. The lowest BCUT2D eigenvalue weighted by atomic mass is 10.2. The highest BCUT2D eigenvalue weighted by molar-refractivity contribution is 7.85. The van der Waals surface area contributed by atoms with Crippen LogP contribution >= 0.6 is 0 Å². The van der Waals surface area contributed by atoms with E-state index in [1.807, 2.05) is 0 Å². The Morgan fingerprint density at radius 2 is 2.00 bits per heavy atom. The van der Waals surface area contributed by atoms with Crippen LogP contribution in [0.25, 0.3) is 0 Å². The van der Waals surface area contributed by atoms with Crippen molar-refractivity contribution >= 4 is 16.1 Å². The van der Waals surface area contributed by atoms with Gasteiger partial charge in [-0.05, 0) is 19.8 Å². The molecule has 13 heavy (non-hydrogen) atoms. The van der Waals surface area contributed by atoms with Gasteiger partial charge in [0.05, 0.1) is 12.4 Å². The molecule has 0 radical (unpaired) electrons. The molecule has 0 aromatic carbocycles. The van der Waals surface area contributed by atoms with Crippen LogP contribution in [0.15, 0.2) is 0 Å². The van der Waals surface area contributed by atoms with E-state index in [2.05, 4.69) is 4.74 Å². The second-order valence-corrected chi connectivity index (χ2v) is 4.12. The van der Waals surface area contributed by atoms with Gasteiger partial charge in [-0.1, -0.05) is 0 Å². The third-order valence-electron chi connectivity index (χ3n) is 1.34. The highest BCUT2D eigenvalue weighted by Crippen LogP contribution is 1.99. The Hall–Kier alpha value is -0.620. The molecule has 6 heteroatoms. The maximum Gasteiger partial charge on any atom is 0.305 e. The first-order chi connectivity index (χ1) is 5.95.